The standard InChI is InChI=1S/C22H35N3O/c1-8-17(9-2)26-20-14-16(6)21(25-22(20,23-7)15(4)5)18-12-11-13-24-19(18)10-3/h11-15,17,23,25H,8-10H2,1-7H3. The summed E-state index contributed by atoms with van der Waals surface area (Å²) in [5.41, 5.74) is 4.17. The summed E-state index contributed by atoms with van der Waals surface area (Å²) in [7, 11) is 2.00. The molecule has 144 valence electrons. The molecule has 1 aromatic heterocycles. The van der Waals surface area contributed by atoms with Gasteiger partial charge in [-0.15, -0.1) is 0 Å². The van der Waals surface area contributed by atoms with Crippen molar-refractivity contribution in [3.05, 3.63) is 47.0 Å². The zero-order chi connectivity index (χ0) is 19.3. The average molecular weight is 358 g/mol. The first kappa shape index (κ1) is 20.5. The Hall–Kier alpha value is -1.81. The number of aryl methyl sites for hydroxylation is 1. The molecule has 26 heavy (non-hydrogen) atoms. The number of likely N-dealkylation sites (N-methyl/N-ethyl adjacent to an activating group) is 1. The second-order valence-electron chi connectivity index (χ2n) is 7.31. The summed E-state index contributed by atoms with van der Waals surface area (Å²) in [5.74, 6) is 1.28. The van der Waals surface area contributed by atoms with Gasteiger partial charge in [0.2, 0.25) is 0 Å². The van der Waals surface area contributed by atoms with E-state index < -0.39 is 5.66 Å². The minimum atomic E-state index is -0.432. The molecule has 0 saturated heterocycles. The van der Waals surface area contributed by atoms with E-state index in [1.54, 1.807) is 0 Å². The molecule has 1 aliphatic heterocycles. The van der Waals surface area contributed by atoms with Crippen LogP contribution in [0, 0.1) is 5.92 Å². The van der Waals surface area contributed by atoms with Crippen LogP contribution >= 0.6 is 0 Å². The van der Waals surface area contributed by atoms with Crippen LogP contribution in [0.2, 0.25) is 0 Å². The van der Waals surface area contributed by atoms with Crippen LogP contribution in [0.1, 0.15) is 65.6 Å². The molecule has 4 nitrogen and oxygen atoms in total. The first-order chi connectivity index (χ1) is 12.4. The highest BCUT2D eigenvalue weighted by atomic mass is 16.5. The molecule has 0 saturated carbocycles. The number of allylic oxidation sites excluding steroid dienone is 2. The van der Waals surface area contributed by atoms with Crippen LogP contribution in [-0.2, 0) is 11.2 Å². The Morgan fingerprint density at radius 2 is 1.92 bits per heavy atom. The average Bonchev–Trinajstić information content (AvgIpc) is 2.66. The highest BCUT2D eigenvalue weighted by Gasteiger charge is 2.42. The third-order valence-corrected chi connectivity index (χ3v) is 5.41. The number of nitrogens with zero attached hydrogens (tertiary/aromatic N) is 1. The Labute approximate surface area is 159 Å². The minimum absolute atomic E-state index is 0.230. The van der Waals surface area contributed by atoms with Gasteiger partial charge in [-0.25, -0.2) is 0 Å². The maximum Gasteiger partial charge on any atom is 0.149 e. The topological polar surface area (TPSA) is 46.2 Å². The lowest BCUT2D eigenvalue weighted by Gasteiger charge is -2.45. The van der Waals surface area contributed by atoms with Gasteiger partial charge >= 0.3 is 0 Å². The van der Waals surface area contributed by atoms with Crippen LogP contribution in [0.25, 0.3) is 5.70 Å². The van der Waals surface area contributed by atoms with Gasteiger partial charge in [-0.2, -0.15) is 0 Å². The van der Waals surface area contributed by atoms with Crippen molar-refractivity contribution in [3.63, 3.8) is 0 Å². The maximum atomic E-state index is 6.46. The smallest absolute Gasteiger partial charge is 0.149 e. The summed E-state index contributed by atoms with van der Waals surface area (Å²) >= 11 is 0. The molecule has 0 bridgehead atoms. The van der Waals surface area contributed by atoms with Crippen molar-refractivity contribution in [2.75, 3.05) is 7.05 Å². The lowest BCUT2D eigenvalue weighted by Crippen LogP contribution is -2.61. The Bertz CT molecular complexity index is 674. The van der Waals surface area contributed by atoms with E-state index in [2.05, 4.69) is 69.3 Å². The molecule has 2 heterocycles. The summed E-state index contributed by atoms with van der Waals surface area (Å²) in [6, 6.07) is 4.16. The van der Waals surface area contributed by atoms with E-state index >= 15 is 0 Å². The fraction of sp³-hybridized carbons (Fsp3) is 0.591. The van der Waals surface area contributed by atoms with Gasteiger partial charge in [-0.3, -0.25) is 10.3 Å². The second kappa shape index (κ2) is 8.72. The van der Waals surface area contributed by atoms with E-state index in [9.17, 15) is 0 Å². The van der Waals surface area contributed by atoms with Crippen molar-refractivity contribution < 1.29 is 4.74 Å². The lowest BCUT2D eigenvalue weighted by molar-refractivity contribution is 0.0495. The Kier molecular flexibility index (Phi) is 6.87. The van der Waals surface area contributed by atoms with E-state index in [4.69, 9.17) is 4.74 Å². The van der Waals surface area contributed by atoms with Crippen LogP contribution in [0.15, 0.2) is 35.7 Å². The fourth-order valence-electron chi connectivity index (χ4n) is 3.63. The summed E-state index contributed by atoms with van der Waals surface area (Å²) in [5, 5.41) is 7.32. The summed E-state index contributed by atoms with van der Waals surface area (Å²) in [4.78, 5) is 4.57. The molecule has 1 atom stereocenters. The molecule has 0 aliphatic carbocycles. The zero-order valence-electron chi connectivity index (χ0n) is 17.4. The molecule has 2 N–H and O–H groups in total. The third kappa shape index (κ3) is 3.80. The highest BCUT2D eigenvalue weighted by molar-refractivity contribution is 5.73. The van der Waals surface area contributed by atoms with Crippen molar-refractivity contribution in [1.29, 1.82) is 0 Å². The number of hydrogen-bond acceptors (Lipinski definition) is 4. The maximum absolute atomic E-state index is 6.46. The molecular weight excluding hydrogens is 322 g/mol. The molecule has 0 spiro atoms. The molecule has 1 aliphatic rings. The van der Waals surface area contributed by atoms with Gasteiger partial charge in [0.1, 0.15) is 11.4 Å². The Morgan fingerprint density at radius 3 is 2.46 bits per heavy atom. The highest BCUT2D eigenvalue weighted by Crippen LogP contribution is 2.36. The van der Waals surface area contributed by atoms with Crippen LogP contribution in [0.4, 0.5) is 0 Å². The SMILES string of the molecule is CCc1ncccc1C1=C(C)C=C(OC(CC)CC)C(NC)(C(C)C)N1. The number of aromatic nitrogens is 1. The van der Waals surface area contributed by atoms with Gasteiger partial charge in [0.05, 0.1) is 6.10 Å². The Balaban J connectivity index is 2.57. The predicted molar refractivity (Wildman–Crippen MR) is 110 cm³/mol. The van der Waals surface area contributed by atoms with E-state index in [0.717, 1.165) is 36.4 Å². The minimum Gasteiger partial charge on any atom is -0.491 e. The third-order valence-electron chi connectivity index (χ3n) is 5.41. The van der Waals surface area contributed by atoms with Gasteiger partial charge < -0.3 is 10.1 Å². The van der Waals surface area contributed by atoms with Crippen LogP contribution in [0.5, 0.6) is 0 Å². The number of nitrogens with one attached hydrogen (secondary N) is 2. The molecule has 4 heteroatoms. The number of ether oxygens (including phenoxy) is 1. The molecular formula is C22H35N3O. The van der Waals surface area contributed by atoms with Gasteiger partial charge in [-0.1, -0.05) is 34.6 Å². The molecule has 1 aromatic rings. The van der Waals surface area contributed by atoms with E-state index in [1.165, 1.54) is 11.1 Å². The van der Waals surface area contributed by atoms with Crippen LogP contribution in [-0.4, -0.2) is 23.8 Å². The Morgan fingerprint density at radius 1 is 1.23 bits per heavy atom. The van der Waals surface area contributed by atoms with Crippen LogP contribution in [0.3, 0.4) is 0 Å². The van der Waals surface area contributed by atoms with Gasteiger partial charge in [0, 0.05) is 23.2 Å². The van der Waals surface area contributed by atoms with Gasteiger partial charge in [-0.05, 0) is 62.9 Å². The van der Waals surface area contributed by atoms with Gasteiger partial charge in [0.15, 0.2) is 0 Å². The molecule has 0 amide bonds. The zero-order valence-corrected chi connectivity index (χ0v) is 17.4. The number of dihydropyridines is 1. The monoisotopic (exact) mass is 357 g/mol. The molecule has 0 radical (unpaired) electrons. The fourth-order valence-corrected chi connectivity index (χ4v) is 3.63. The summed E-state index contributed by atoms with van der Waals surface area (Å²) in [6.07, 6.45) is 7.21. The van der Waals surface area contributed by atoms with Crippen molar-refractivity contribution in [3.8, 4) is 0 Å². The number of pyridine rings is 1. The number of hydrogen-bond donors (Lipinski definition) is 2. The summed E-state index contributed by atoms with van der Waals surface area (Å²) < 4.78 is 6.46. The quantitative estimate of drug-likeness (QED) is 0.711. The normalized spacial score (nSPS) is 20.4. The van der Waals surface area contributed by atoms with E-state index in [-0.39, 0.29) is 6.10 Å². The van der Waals surface area contributed by atoms with Crippen molar-refractivity contribution in [2.24, 2.45) is 5.92 Å². The van der Waals surface area contributed by atoms with Crippen molar-refractivity contribution >= 4 is 5.70 Å². The van der Waals surface area contributed by atoms with E-state index in [1.807, 2.05) is 19.3 Å². The van der Waals surface area contributed by atoms with Crippen LogP contribution < -0.4 is 10.6 Å². The van der Waals surface area contributed by atoms with Crippen molar-refractivity contribution in [2.45, 2.75) is 72.6 Å². The summed E-state index contributed by atoms with van der Waals surface area (Å²) in [6.45, 7) is 13.1. The number of rotatable bonds is 8. The molecule has 1 unspecified atom stereocenters. The molecule has 2 rings (SSSR count). The van der Waals surface area contributed by atoms with E-state index in [0.29, 0.717) is 5.92 Å². The first-order valence-electron chi connectivity index (χ1n) is 9.94. The largest absolute Gasteiger partial charge is 0.491 e. The lowest BCUT2D eigenvalue weighted by atomic mass is 9.87. The first-order valence-corrected chi connectivity index (χ1v) is 9.94. The molecule has 0 aromatic carbocycles. The second-order valence-corrected chi connectivity index (χ2v) is 7.31. The van der Waals surface area contributed by atoms with Crippen molar-refractivity contribution in [1.82, 2.24) is 15.6 Å². The van der Waals surface area contributed by atoms with Gasteiger partial charge in [0.25, 0.3) is 0 Å². The predicted octanol–water partition coefficient (Wildman–Crippen LogP) is 4.64. The molecule has 0 fully saturated rings.